The van der Waals surface area contributed by atoms with Crippen molar-refractivity contribution in [2.75, 3.05) is 14.2 Å². The van der Waals surface area contributed by atoms with Crippen LogP contribution < -0.4 is 4.74 Å². The Morgan fingerprint density at radius 3 is 2.41 bits per heavy atom. The number of likely N-dealkylation sites (N-methyl/N-ethyl adjacent to an activating group) is 1. The van der Waals surface area contributed by atoms with E-state index in [2.05, 4.69) is 10.1 Å². The normalized spacial score (nSPS) is 16.1. The van der Waals surface area contributed by atoms with Crippen LogP contribution in [-0.2, 0) is 4.79 Å². The molecular weight excluding hydrogens is 278 g/mol. The van der Waals surface area contributed by atoms with Gasteiger partial charge in [0.2, 0.25) is 0 Å². The number of benzene rings is 1. The zero-order valence-electron chi connectivity index (χ0n) is 12.4. The topological polar surface area (TPSA) is 54.8 Å². The van der Waals surface area contributed by atoms with Gasteiger partial charge < -0.3 is 4.74 Å². The lowest BCUT2D eigenvalue weighted by Gasteiger charge is -2.04. The molecule has 0 aliphatic carbocycles. The first-order valence-electron chi connectivity index (χ1n) is 6.82. The van der Waals surface area contributed by atoms with E-state index in [4.69, 9.17) is 4.74 Å². The average molecular weight is 293 g/mol. The second-order valence-corrected chi connectivity index (χ2v) is 4.84. The largest absolute Gasteiger partial charge is 0.497 e. The third kappa shape index (κ3) is 2.61. The van der Waals surface area contributed by atoms with E-state index in [1.54, 1.807) is 26.6 Å². The summed E-state index contributed by atoms with van der Waals surface area (Å²) in [5.41, 5.74) is 3.01. The average Bonchev–Trinajstić information content (AvgIpc) is 2.84. The lowest BCUT2D eigenvalue weighted by Crippen LogP contribution is -2.17. The smallest absolute Gasteiger partial charge is 0.276 e. The van der Waals surface area contributed by atoms with Gasteiger partial charge in [0.1, 0.15) is 11.5 Å². The van der Waals surface area contributed by atoms with Crippen LogP contribution in [0.1, 0.15) is 11.1 Å². The van der Waals surface area contributed by atoms with Crippen molar-refractivity contribution in [1.82, 2.24) is 9.99 Å². The minimum atomic E-state index is -0.123. The van der Waals surface area contributed by atoms with E-state index in [-0.39, 0.29) is 5.91 Å². The fourth-order valence-electron chi connectivity index (χ4n) is 2.24. The fourth-order valence-corrected chi connectivity index (χ4v) is 2.24. The van der Waals surface area contributed by atoms with Gasteiger partial charge in [0.05, 0.1) is 12.7 Å². The van der Waals surface area contributed by atoms with Crippen molar-refractivity contribution in [3.8, 4) is 5.75 Å². The molecule has 0 unspecified atom stereocenters. The summed E-state index contributed by atoms with van der Waals surface area (Å²) in [5, 5.41) is 5.70. The van der Waals surface area contributed by atoms with Crippen LogP contribution in [-0.4, -0.2) is 35.8 Å². The van der Waals surface area contributed by atoms with Gasteiger partial charge in [-0.3, -0.25) is 9.78 Å². The molecule has 0 saturated heterocycles. The highest BCUT2D eigenvalue weighted by atomic mass is 16.5. The minimum absolute atomic E-state index is 0.123. The predicted molar refractivity (Wildman–Crippen MR) is 84.5 cm³/mol. The Hall–Kier alpha value is -2.95. The number of aromatic nitrogens is 1. The lowest BCUT2D eigenvalue weighted by atomic mass is 10.0. The number of carbonyl (C=O) groups excluding carboxylic acids is 1. The van der Waals surface area contributed by atoms with E-state index in [9.17, 15) is 4.79 Å². The van der Waals surface area contributed by atoms with Crippen LogP contribution in [0.5, 0.6) is 5.75 Å². The number of rotatable bonds is 3. The van der Waals surface area contributed by atoms with E-state index in [1.807, 2.05) is 42.5 Å². The van der Waals surface area contributed by atoms with Gasteiger partial charge >= 0.3 is 0 Å². The molecule has 0 saturated carbocycles. The lowest BCUT2D eigenvalue weighted by molar-refractivity contribution is -0.124. The number of hydrazone groups is 1. The number of pyridine rings is 1. The third-order valence-electron chi connectivity index (χ3n) is 3.41. The molecule has 5 heteroatoms. The molecule has 1 amide bonds. The van der Waals surface area contributed by atoms with Gasteiger partial charge in [-0.25, -0.2) is 5.01 Å². The molecular formula is C17H15N3O2. The van der Waals surface area contributed by atoms with Gasteiger partial charge in [0.25, 0.3) is 5.91 Å². The molecule has 0 atom stereocenters. The van der Waals surface area contributed by atoms with Gasteiger partial charge in [0, 0.05) is 25.0 Å². The van der Waals surface area contributed by atoms with E-state index < -0.39 is 0 Å². The Morgan fingerprint density at radius 2 is 1.77 bits per heavy atom. The molecule has 0 spiro atoms. The van der Waals surface area contributed by atoms with Crippen molar-refractivity contribution in [2.24, 2.45) is 5.10 Å². The molecule has 1 aromatic heterocycles. The first kappa shape index (κ1) is 14.0. The summed E-state index contributed by atoms with van der Waals surface area (Å²) >= 11 is 0. The van der Waals surface area contributed by atoms with Gasteiger partial charge in [-0.1, -0.05) is 0 Å². The molecule has 0 bridgehead atoms. The fraction of sp³-hybridized carbons (Fsp3) is 0.118. The van der Waals surface area contributed by atoms with Crippen molar-refractivity contribution in [3.63, 3.8) is 0 Å². The summed E-state index contributed by atoms with van der Waals surface area (Å²) in [7, 11) is 3.27. The maximum Gasteiger partial charge on any atom is 0.276 e. The van der Waals surface area contributed by atoms with Gasteiger partial charge in [-0.2, -0.15) is 5.10 Å². The van der Waals surface area contributed by atoms with Gasteiger partial charge in [-0.15, -0.1) is 0 Å². The number of amides is 1. The van der Waals surface area contributed by atoms with E-state index in [0.717, 1.165) is 16.9 Å². The monoisotopic (exact) mass is 293 g/mol. The SMILES string of the molecule is COc1ccc(C2=NN(C)C(=O)/C2=C\c2ccncc2)cc1. The van der Waals surface area contributed by atoms with Crippen LogP contribution in [0, 0.1) is 0 Å². The summed E-state index contributed by atoms with van der Waals surface area (Å²) in [6, 6.07) is 11.2. The number of nitrogens with zero attached hydrogens (tertiary/aromatic N) is 3. The number of ether oxygens (including phenoxy) is 1. The zero-order chi connectivity index (χ0) is 15.5. The Bertz CT molecular complexity index is 749. The number of hydrogen-bond donors (Lipinski definition) is 0. The summed E-state index contributed by atoms with van der Waals surface area (Å²) in [4.78, 5) is 16.3. The molecule has 0 radical (unpaired) electrons. The first-order valence-corrected chi connectivity index (χ1v) is 6.82. The Labute approximate surface area is 128 Å². The highest BCUT2D eigenvalue weighted by Gasteiger charge is 2.28. The second kappa shape index (κ2) is 5.81. The molecule has 110 valence electrons. The van der Waals surface area contributed by atoms with Crippen molar-refractivity contribution in [2.45, 2.75) is 0 Å². The molecule has 0 fully saturated rings. The quantitative estimate of drug-likeness (QED) is 0.816. The minimum Gasteiger partial charge on any atom is -0.497 e. The molecule has 1 aromatic carbocycles. The summed E-state index contributed by atoms with van der Waals surface area (Å²) in [6.45, 7) is 0. The Balaban J connectivity index is 2.02. The van der Waals surface area contributed by atoms with E-state index >= 15 is 0 Å². The first-order chi connectivity index (χ1) is 10.7. The Kier molecular flexibility index (Phi) is 3.70. The number of carbonyl (C=O) groups is 1. The van der Waals surface area contributed by atoms with Crippen molar-refractivity contribution < 1.29 is 9.53 Å². The highest BCUT2D eigenvalue weighted by Crippen LogP contribution is 2.23. The van der Waals surface area contributed by atoms with E-state index in [1.165, 1.54) is 5.01 Å². The maximum atomic E-state index is 12.3. The van der Waals surface area contributed by atoms with Crippen LogP contribution in [0.3, 0.4) is 0 Å². The van der Waals surface area contributed by atoms with Crippen LogP contribution in [0.25, 0.3) is 6.08 Å². The second-order valence-electron chi connectivity index (χ2n) is 4.84. The van der Waals surface area contributed by atoms with Crippen LogP contribution in [0.2, 0.25) is 0 Å². The van der Waals surface area contributed by atoms with Crippen LogP contribution in [0.4, 0.5) is 0 Å². The molecule has 0 N–H and O–H groups in total. The predicted octanol–water partition coefficient (Wildman–Crippen LogP) is 2.35. The summed E-state index contributed by atoms with van der Waals surface area (Å²) in [5.74, 6) is 0.643. The van der Waals surface area contributed by atoms with Crippen molar-refractivity contribution in [1.29, 1.82) is 0 Å². The van der Waals surface area contributed by atoms with Gasteiger partial charge in [0.15, 0.2) is 0 Å². The standard InChI is InChI=1S/C17H15N3O2/c1-20-17(21)15(11-12-7-9-18-10-8-12)16(19-20)13-3-5-14(22-2)6-4-13/h3-11H,1-2H3/b15-11-. The summed E-state index contributed by atoms with van der Waals surface area (Å²) in [6.07, 6.45) is 5.22. The summed E-state index contributed by atoms with van der Waals surface area (Å²) < 4.78 is 5.16. The molecule has 5 nitrogen and oxygen atoms in total. The third-order valence-corrected chi connectivity index (χ3v) is 3.41. The Morgan fingerprint density at radius 1 is 1.09 bits per heavy atom. The molecule has 1 aliphatic heterocycles. The number of hydrogen-bond acceptors (Lipinski definition) is 4. The molecule has 2 aromatic rings. The van der Waals surface area contributed by atoms with Crippen LogP contribution in [0.15, 0.2) is 59.5 Å². The van der Waals surface area contributed by atoms with Crippen molar-refractivity contribution in [3.05, 3.63) is 65.5 Å². The molecule has 1 aliphatic rings. The highest BCUT2D eigenvalue weighted by molar-refractivity contribution is 6.33. The molecule has 22 heavy (non-hydrogen) atoms. The van der Waals surface area contributed by atoms with E-state index in [0.29, 0.717) is 11.3 Å². The zero-order valence-corrected chi connectivity index (χ0v) is 12.4. The van der Waals surface area contributed by atoms with Gasteiger partial charge in [-0.05, 0) is 48.0 Å². The molecule has 2 heterocycles. The van der Waals surface area contributed by atoms with Crippen molar-refractivity contribution >= 4 is 17.7 Å². The number of methoxy groups -OCH3 is 1. The van der Waals surface area contributed by atoms with Crippen LogP contribution >= 0.6 is 0 Å². The molecule has 3 rings (SSSR count). The maximum absolute atomic E-state index is 12.3.